The van der Waals surface area contributed by atoms with Crippen LogP contribution in [0, 0.1) is 0 Å². The molecule has 3 N–H and O–H groups in total. The van der Waals surface area contributed by atoms with Gasteiger partial charge in [0.15, 0.2) is 0 Å². The van der Waals surface area contributed by atoms with Crippen molar-refractivity contribution < 1.29 is 15.0 Å². The van der Waals surface area contributed by atoms with Crippen LogP contribution in [0.2, 0.25) is 0 Å². The summed E-state index contributed by atoms with van der Waals surface area (Å²) in [6, 6.07) is 3.92. The van der Waals surface area contributed by atoms with Crippen LogP contribution in [0.3, 0.4) is 0 Å². The number of rotatable bonds is 3. The van der Waals surface area contributed by atoms with E-state index in [9.17, 15) is 15.0 Å². The number of phenols is 2. The second-order valence-electron chi connectivity index (χ2n) is 4.78. The Hall–Kier alpha value is -1.42. The molecule has 1 saturated carbocycles. The molecule has 1 fully saturated rings. The van der Waals surface area contributed by atoms with Crippen LogP contribution in [0.15, 0.2) is 18.2 Å². The lowest BCUT2D eigenvalue weighted by Crippen LogP contribution is -2.47. The summed E-state index contributed by atoms with van der Waals surface area (Å²) in [7, 11) is 0. The van der Waals surface area contributed by atoms with Crippen LogP contribution in [0.1, 0.15) is 36.0 Å². The molecule has 1 amide bonds. The van der Waals surface area contributed by atoms with Gasteiger partial charge in [-0.2, -0.15) is 0 Å². The number of alkyl halides is 1. The molecule has 5 heteroatoms. The first kappa shape index (κ1) is 13.0. The Morgan fingerprint density at radius 3 is 2.56 bits per heavy atom. The van der Waals surface area contributed by atoms with Crippen molar-refractivity contribution in [3.05, 3.63) is 23.8 Å². The number of benzene rings is 1. The minimum atomic E-state index is -0.358. The van der Waals surface area contributed by atoms with Crippen molar-refractivity contribution in [1.29, 1.82) is 0 Å². The van der Waals surface area contributed by atoms with Crippen molar-refractivity contribution in [2.45, 2.75) is 31.2 Å². The van der Waals surface area contributed by atoms with Crippen molar-refractivity contribution in [3.8, 4) is 11.5 Å². The minimum Gasteiger partial charge on any atom is -0.508 e. The summed E-state index contributed by atoms with van der Waals surface area (Å²) < 4.78 is 0. The van der Waals surface area contributed by atoms with Gasteiger partial charge in [0.1, 0.15) is 11.5 Å². The summed E-state index contributed by atoms with van der Waals surface area (Å²) in [6.07, 6.45) is 3.82. The number of phenolic OH excluding ortho intramolecular Hbond substituents is 2. The number of hydrogen-bond donors (Lipinski definition) is 3. The first-order chi connectivity index (χ1) is 8.56. The lowest BCUT2D eigenvalue weighted by Gasteiger charge is -2.28. The Labute approximate surface area is 111 Å². The number of nitrogens with one attached hydrogen (secondary N) is 1. The number of amides is 1. The molecule has 1 aliphatic rings. The molecule has 0 radical (unpaired) electrons. The number of carbonyl (C=O) groups is 1. The highest BCUT2D eigenvalue weighted by atomic mass is 35.5. The number of halogens is 1. The van der Waals surface area contributed by atoms with E-state index in [0.717, 1.165) is 31.7 Å². The number of aromatic hydroxyl groups is 2. The zero-order valence-electron chi connectivity index (χ0n) is 9.95. The molecule has 4 nitrogen and oxygen atoms in total. The van der Waals surface area contributed by atoms with Gasteiger partial charge in [0.05, 0.1) is 11.1 Å². The molecule has 0 aliphatic heterocycles. The van der Waals surface area contributed by atoms with Crippen molar-refractivity contribution in [3.63, 3.8) is 0 Å². The highest BCUT2D eigenvalue weighted by molar-refractivity contribution is 6.19. The van der Waals surface area contributed by atoms with Crippen LogP contribution >= 0.6 is 11.6 Å². The monoisotopic (exact) mass is 269 g/mol. The smallest absolute Gasteiger partial charge is 0.255 e. The standard InChI is InChI=1S/C13H16ClNO3/c14-8-13(5-1-2-6-13)15-12(18)10-4-3-9(16)7-11(10)17/h3-4,7,16-17H,1-2,5-6,8H2,(H,15,18). The van der Waals surface area contributed by atoms with Gasteiger partial charge in [-0.25, -0.2) is 0 Å². The number of hydrogen-bond acceptors (Lipinski definition) is 3. The maximum absolute atomic E-state index is 12.1. The summed E-state index contributed by atoms with van der Waals surface area (Å²) in [5.74, 6) is -0.278. The van der Waals surface area contributed by atoms with E-state index in [-0.39, 0.29) is 28.5 Å². The van der Waals surface area contributed by atoms with Crippen LogP contribution in [-0.2, 0) is 0 Å². The van der Waals surface area contributed by atoms with Crippen molar-refractivity contribution in [2.75, 3.05) is 5.88 Å². The van der Waals surface area contributed by atoms with E-state index in [1.54, 1.807) is 0 Å². The fraction of sp³-hybridized carbons (Fsp3) is 0.462. The van der Waals surface area contributed by atoms with Crippen LogP contribution < -0.4 is 5.32 Å². The van der Waals surface area contributed by atoms with Gasteiger partial charge >= 0.3 is 0 Å². The summed E-state index contributed by atoms with van der Waals surface area (Å²) >= 11 is 5.94. The van der Waals surface area contributed by atoms with Crippen molar-refractivity contribution in [1.82, 2.24) is 5.32 Å². The zero-order valence-corrected chi connectivity index (χ0v) is 10.7. The van der Waals surface area contributed by atoms with Gasteiger partial charge in [0.2, 0.25) is 0 Å². The third-order valence-corrected chi connectivity index (χ3v) is 3.93. The molecular formula is C13H16ClNO3. The molecule has 0 spiro atoms. The molecular weight excluding hydrogens is 254 g/mol. The predicted molar refractivity (Wildman–Crippen MR) is 69.2 cm³/mol. The normalized spacial score (nSPS) is 17.6. The molecule has 0 unspecified atom stereocenters. The first-order valence-corrected chi connectivity index (χ1v) is 6.50. The largest absolute Gasteiger partial charge is 0.508 e. The second-order valence-corrected chi connectivity index (χ2v) is 5.04. The minimum absolute atomic E-state index is 0.0722. The van der Waals surface area contributed by atoms with Crippen LogP contribution in [-0.4, -0.2) is 27.5 Å². The summed E-state index contributed by atoms with van der Waals surface area (Å²) in [5, 5.41) is 21.7. The maximum Gasteiger partial charge on any atom is 0.255 e. The Kier molecular flexibility index (Phi) is 3.66. The number of carbonyl (C=O) groups excluding carboxylic acids is 1. The van der Waals surface area contributed by atoms with Crippen LogP contribution in [0.5, 0.6) is 11.5 Å². The van der Waals surface area contributed by atoms with E-state index in [0.29, 0.717) is 5.88 Å². The lowest BCUT2D eigenvalue weighted by atomic mass is 9.99. The summed E-state index contributed by atoms with van der Waals surface area (Å²) in [5.41, 5.74) is -0.202. The van der Waals surface area contributed by atoms with Gasteiger partial charge in [-0.05, 0) is 25.0 Å². The van der Waals surface area contributed by atoms with Gasteiger partial charge in [0, 0.05) is 11.9 Å². The molecule has 98 valence electrons. The predicted octanol–water partition coefficient (Wildman–Crippen LogP) is 2.38. The van der Waals surface area contributed by atoms with E-state index >= 15 is 0 Å². The molecule has 0 bridgehead atoms. The van der Waals surface area contributed by atoms with Gasteiger partial charge in [-0.3, -0.25) is 4.79 Å². The molecule has 1 aromatic carbocycles. The molecule has 18 heavy (non-hydrogen) atoms. The molecule has 0 aromatic heterocycles. The zero-order chi connectivity index (χ0) is 13.2. The second kappa shape index (κ2) is 5.06. The SMILES string of the molecule is O=C(NC1(CCl)CCCC1)c1ccc(O)cc1O. The molecule has 0 atom stereocenters. The third-order valence-electron chi connectivity index (χ3n) is 3.42. The molecule has 1 aliphatic carbocycles. The Bertz CT molecular complexity index is 456. The Morgan fingerprint density at radius 2 is 2.00 bits per heavy atom. The topological polar surface area (TPSA) is 69.6 Å². The van der Waals surface area contributed by atoms with Gasteiger partial charge in [0.25, 0.3) is 5.91 Å². The summed E-state index contributed by atoms with van der Waals surface area (Å²) in [4.78, 5) is 12.1. The van der Waals surface area contributed by atoms with Gasteiger partial charge < -0.3 is 15.5 Å². The fourth-order valence-corrected chi connectivity index (χ4v) is 2.70. The molecule has 2 rings (SSSR count). The molecule has 0 saturated heterocycles. The van der Waals surface area contributed by atoms with Crippen LogP contribution in [0.25, 0.3) is 0 Å². The van der Waals surface area contributed by atoms with E-state index in [2.05, 4.69) is 5.32 Å². The fourth-order valence-electron chi connectivity index (χ4n) is 2.36. The van der Waals surface area contributed by atoms with Crippen LogP contribution in [0.4, 0.5) is 0 Å². The van der Waals surface area contributed by atoms with Gasteiger partial charge in [-0.15, -0.1) is 11.6 Å². The lowest BCUT2D eigenvalue weighted by molar-refractivity contribution is 0.0906. The Balaban J connectivity index is 2.16. The average molecular weight is 270 g/mol. The first-order valence-electron chi connectivity index (χ1n) is 5.97. The highest BCUT2D eigenvalue weighted by Gasteiger charge is 2.35. The highest BCUT2D eigenvalue weighted by Crippen LogP contribution is 2.32. The average Bonchev–Trinajstić information content (AvgIpc) is 2.78. The Morgan fingerprint density at radius 1 is 1.33 bits per heavy atom. The van der Waals surface area contributed by atoms with Crippen molar-refractivity contribution in [2.24, 2.45) is 0 Å². The van der Waals surface area contributed by atoms with E-state index in [1.807, 2.05) is 0 Å². The van der Waals surface area contributed by atoms with Gasteiger partial charge in [-0.1, -0.05) is 12.8 Å². The molecule has 0 heterocycles. The van der Waals surface area contributed by atoms with E-state index in [1.165, 1.54) is 12.1 Å². The summed E-state index contributed by atoms with van der Waals surface area (Å²) in [6.45, 7) is 0. The van der Waals surface area contributed by atoms with Crippen molar-refractivity contribution >= 4 is 17.5 Å². The quantitative estimate of drug-likeness (QED) is 0.738. The third kappa shape index (κ3) is 2.53. The maximum atomic E-state index is 12.1. The molecule has 1 aromatic rings. The van der Waals surface area contributed by atoms with E-state index < -0.39 is 0 Å². The van der Waals surface area contributed by atoms with E-state index in [4.69, 9.17) is 11.6 Å².